The lowest BCUT2D eigenvalue weighted by Gasteiger charge is -2.23. The van der Waals surface area contributed by atoms with E-state index in [1.165, 1.54) is 0 Å². The van der Waals surface area contributed by atoms with E-state index in [1.807, 2.05) is 26.0 Å². The highest BCUT2D eigenvalue weighted by Crippen LogP contribution is 2.58. The van der Waals surface area contributed by atoms with E-state index < -0.39 is 6.95 Å². The van der Waals surface area contributed by atoms with Gasteiger partial charge in [-0.25, -0.2) is 4.57 Å². The highest BCUT2D eigenvalue weighted by atomic mass is 35.7. The summed E-state index contributed by atoms with van der Waals surface area (Å²) in [6.07, 6.45) is 0. The molecule has 76 valence electrons. The van der Waals surface area contributed by atoms with E-state index in [-0.39, 0.29) is 6.61 Å². The summed E-state index contributed by atoms with van der Waals surface area (Å²) in [6.45, 7) is 0.703. The van der Waals surface area contributed by atoms with Crippen LogP contribution in [-0.4, -0.2) is 0 Å². The van der Waals surface area contributed by atoms with Crippen LogP contribution in [0.3, 0.4) is 0 Å². The van der Waals surface area contributed by atoms with E-state index in [2.05, 4.69) is 0 Å². The molecule has 5 heteroatoms. The van der Waals surface area contributed by atoms with Crippen molar-refractivity contribution in [1.82, 2.24) is 0 Å². The second-order valence-corrected chi connectivity index (χ2v) is 5.85. The Balaban J connectivity index is 2.56. The first-order valence-corrected chi connectivity index (χ1v) is 6.67. The van der Waals surface area contributed by atoms with E-state index in [1.54, 1.807) is 0 Å². The molecule has 1 heterocycles. The SMILES string of the molecule is Cc1ccc(C)c2c1COP(=O)(Cl)O2. The van der Waals surface area contributed by atoms with Crippen molar-refractivity contribution in [3.63, 3.8) is 0 Å². The molecular formula is C9H10ClO3P. The molecule has 0 spiro atoms. The van der Waals surface area contributed by atoms with Gasteiger partial charge in [-0.05, 0) is 25.0 Å². The minimum absolute atomic E-state index is 0.254. The maximum atomic E-state index is 11.4. The highest BCUT2D eigenvalue weighted by Gasteiger charge is 2.31. The summed E-state index contributed by atoms with van der Waals surface area (Å²) in [5.74, 6) is 0.606. The normalized spacial score (nSPS) is 25.4. The van der Waals surface area contributed by atoms with Crippen LogP contribution in [0.15, 0.2) is 12.1 Å². The van der Waals surface area contributed by atoms with Crippen LogP contribution in [0.1, 0.15) is 16.7 Å². The largest absolute Gasteiger partial charge is 0.477 e. The molecule has 1 aliphatic rings. The number of rotatable bonds is 0. The summed E-state index contributed by atoms with van der Waals surface area (Å²) < 4.78 is 21.4. The fraction of sp³-hybridized carbons (Fsp3) is 0.333. The molecule has 1 atom stereocenters. The van der Waals surface area contributed by atoms with Gasteiger partial charge in [-0.3, -0.25) is 4.52 Å². The van der Waals surface area contributed by atoms with Crippen molar-refractivity contribution in [3.05, 3.63) is 28.8 Å². The second kappa shape index (κ2) is 3.27. The van der Waals surface area contributed by atoms with Crippen molar-refractivity contribution >= 4 is 18.2 Å². The zero-order valence-electron chi connectivity index (χ0n) is 7.91. The number of fused-ring (bicyclic) bond motifs is 1. The Morgan fingerprint density at radius 3 is 2.71 bits per heavy atom. The van der Waals surface area contributed by atoms with Gasteiger partial charge >= 0.3 is 6.95 Å². The Morgan fingerprint density at radius 1 is 1.36 bits per heavy atom. The molecule has 14 heavy (non-hydrogen) atoms. The molecule has 1 aliphatic heterocycles. The van der Waals surface area contributed by atoms with Crippen LogP contribution in [0.2, 0.25) is 0 Å². The molecule has 0 N–H and O–H groups in total. The summed E-state index contributed by atoms with van der Waals surface area (Å²) in [6, 6.07) is 3.89. The minimum atomic E-state index is -3.39. The molecule has 1 aromatic rings. The number of halogens is 1. The molecule has 1 aromatic carbocycles. The maximum Gasteiger partial charge on any atom is 0.477 e. The molecule has 0 fully saturated rings. The quantitative estimate of drug-likeness (QED) is 0.642. The predicted octanol–water partition coefficient (Wildman–Crippen LogP) is 3.56. The van der Waals surface area contributed by atoms with Gasteiger partial charge < -0.3 is 4.52 Å². The van der Waals surface area contributed by atoms with Crippen LogP contribution in [0.4, 0.5) is 0 Å². The van der Waals surface area contributed by atoms with Gasteiger partial charge in [0.1, 0.15) is 5.75 Å². The molecule has 1 unspecified atom stereocenters. The van der Waals surface area contributed by atoms with E-state index in [0.29, 0.717) is 5.75 Å². The monoisotopic (exact) mass is 232 g/mol. The Morgan fingerprint density at radius 2 is 2.00 bits per heavy atom. The molecule has 0 saturated heterocycles. The summed E-state index contributed by atoms with van der Waals surface area (Å²) in [7, 11) is 0. The van der Waals surface area contributed by atoms with Crippen molar-refractivity contribution in [3.8, 4) is 5.75 Å². The number of hydrogen-bond acceptors (Lipinski definition) is 3. The molecule has 3 nitrogen and oxygen atoms in total. The van der Waals surface area contributed by atoms with Crippen molar-refractivity contribution in [1.29, 1.82) is 0 Å². The first-order chi connectivity index (χ1) is 6.49. The second-order valence-electron chi connectivity index (χ2n) is 3.30. The van der Waals surface area contributed by atoms with E-state index >= 15 is 0 Å². The Hall–Kier alpha value is -0.500. The molecule has 0 aromatic heterocycles. The first kappa shape index (κ1) is 10.0. The maximum absolute atomic E-state index is 11.4. The van der Waals surface area contributed by atoms with Crippen LogP contribution < -0.4 is 4.52 Å². The molecular weight excluding hydrogens is 223 g/mol. The van der Waals surface area contributed by atoms with Gasteiger partial charge in [0.2, 0.25) is 0 Å². The summed E-state index contributed by atoms with van der Waals surface area (Å²) >= 11 is 5.54. The van der Waals surface area contributed by atoms with Crippen LogP contribution in [0.25, 0.3) is 0 Å². The number of aryl methyl sites for hydroxylation is 2. The van der Waals surface area contributed by atoms with Crippen molar-refractivity contribution < 1.29 is 13.6 Å². The van der Waals surface area contributed by atoms with Crippen molar-refractivity contribution in [2.45, 2.75) is 20.5 Å². The summed E-state index contributed by atoms with van der Waals surface area (Å²) in [4.78, 5) is 0. The first-order valence-electron chi connectivity index (χ1n) is 4.22. The fourth-order valence-corrected chi connectivity index (χ4v) is 2.59. The Kier molecular flexibility index (Phi) is 2.34. The number of benzene rings is 1. The van der Waals surface area contributed by atoms with Gasteiger partial charge in [0.25, 0.3) is 0 Å². The summed E-state index contributed by atoms with van der Waals surface area (Å²) in [5.41, 5.74) is 2.91. The minimum Gasteiger partial charge on any atom is -0.413 e. The van der Waals surface area contributed by atoms with Crippen LogP contribution in [0.5, 0.6) is 5.75 Å². The number of hydrogen-bond donors (Lipinski definition) is 0. The zero-order valence-corrected chi connectivity index (χ0v) is 9.56. The predicted molar refractivity (Wildman–Crippen MR) is 54.8 cm³/mol. The van der Waals surface area contributed by atoms with Gasteiger partial charge in [0, 0.05) is 16.8 Å². The van der Waals surface area contributed by atoms with Crippen molar-refractivity contribution in [2.75, 3.05) is 0 Å². The van der Waals surface area contributed by atoms with Crippen LogP contribution >= 0.6 is 18.2 Å². The third-order valence-electron chi connectivity index (χ3n) is 2.26. The lowest BCUT2D eigenvalue weighted by Crippen LogP contribution is -2.07. The zero-order chi connectivity index (χ0) is 10.3. The van der Waals surface area contributed by atoms with Gasteiger partial charge in [-0.15, -0.1) is 0 Å². The van der Waals surface area contributed by atoms with E-state index in [4.69, 9.17) is 20.3 Å². The third-order valence-corrected chi connectivity index (χ3v) is 3.59. The topological polar surface area (TPSA) is 35.5 Å². The summed E-state index contributed by atoms with van der Waals surface area (Å²) in [5, 5.41) is 0. The molecule has 0 bridgehead atoms. The average Bonchev–Trinajstić information content (AvgIpc) is 2.10. The van der Waals surface area contributed by atoms with E-state index in [0.717, 1.165) is 16.7 Å². The van der Waals surface area contributed by atoms with Crippen LogP contribution in [0, 0.1) is 13.8 Å². The van der Waals surface area contributed by atoms with Crippen molar-refractivity contribution in [2.24, 2.45) is 0 Å². The molecule has 0 aliphatic carbocycles. The van der Waals surface area contributed by atoms with Gasteiger partial charge in [-0.1, -0.05) is 12.1 Å². The highest BCUT2D eigenvalue weighted by molar-refractivity contribution is 7.81. The fourth-order valence-electron chi connectivity index (χ4n) is 1.43. The lowest BCUT2D eigenvalue weighted by molar-refractivity contribution is 0.244. The third kappa shape index (κ3) is 1.68. The average molecular weight is 233 g/mol. The van der Waals surface area contributed by atoms with Gasteiger partial charge in [0.15, 0.2) is 0 Å². The van der Waals surface area contributed by atoms with Gasteiger partial charge in [0.05, 0.1) is 6.61 Å². The standard InChI is InChI=1S/C9H10ClO3P/c1-6-3-4-7(2)9-8(6)5-12-14(10,11)13-9/h3-4H,5H2,1-2H3. The smallest absolute Gasteiger partial charge is 0.413 e. The molecule has 0 amide bonds. The molecule has 0 saturated carbocycles. The molecule has 2 rings (SSSR count). The van der Waals surface area contributed by atoms with E-state index in [9.17, 15) is 4.57 Å². The Labute approximate surface area is 87.3 Å². The Bertz CT molecular complexity index is 430. The van der Waals surface area contributed by atoms with Crippen LogP contribution in [-0.2, 0) is 15.7 Å². The molecule has 0 radical (unpaired) electrons. The van der Waals surface area contributed by atoms with Gasteiger partial charge in [-0.2, -0.15) is 0 Å². The lowest BCUT2D eigenvalue weighted by atomic mass is 10.0.